The highest BCUT2D eigenvalue weighted by Gasteiger charge is 2.26. The van der Waals surface area contributed by atoms with E-state index in [0.29, 0.717) is 11.5 Å². The normalized spacial score (nSPS) is 12.0. The van der Waals surface area contributed by atoms with E-state index in [4.69, 9.17) is 11.6 Å². The monoisotopic (exact) mass is 212 g/mol. The Bertz CT molecular complexity index is 269. The third kappa shape index (κ3) is 3.67. The lowest BCUT2D eigenvalue weighted by molar-refractivity contribution is -0.134. The smallest absolute Gasteiger partial charge is 0.345 e. The predicted molar refractivity (Wildman–Crippen MR) is 42.5 cm³/mol. The van der Waals surface area contributed by atoms with E-state index in [9.17, 15) is 13.2 Å². The lowest BCUT2D eigenvalue weighted by Gasteiger charge is -2.03. The van der Waals surface area contributed by atoms with Crippen molar-refractivity contribution in [3.63, 3.8) is 0 Å². The van der Waals surface area contributed by atoms with Crippen molar-refractivity contribution in [2.75, 3.05) is 0 Å². The van der Waals surface area contributed by atoms with E-state index in [1.54, 1.807) is 0 Å². The van der Waals surface area contributed by atoms with Gasteiger partial charge in [0, 0.05) is 18.3 Å². The van der Waals surface area contributed by atoms with Gasteiger partial charge in [0.1, 0.15) is 5.82 Å². The van der Waals surface area contributed by atoms with Crippen molar-refractivity contribution in [1.29, 1.82) is 0 Å². The van der Waals surface area contributed by atoms with Crippen molar-refractivity contribution in [3.05, 3.63) is 17.7 Å². The van der Waals surface area contributed by atoms with Crippen LogP contribution in [0.1, 0.15) is 17.9 Å². The summed E-state index contributed by atoms with van der Waals surface area (Å²) >= 11 is 5.44. The van der Waals surface area contributed by atoms with Gasteiger partial charge in [-0.15, -0.1) is 11.6 Å². The predicted octanol–water partition coefficient (Wildman–Crippen LogP) is 2.64. The number of nitrogens with one attached hydrogen (secondary N) is 1. The van der Waals surface area contributed by atoms with Gasteiger partial charge in [0.15, 0.2) is 0 Å². The van der Waals surface area contributed by atoms with Crippen molar-refractivity contribution in [2.24, 2.45) is 0 Å². The number of aromatic nitrogens is 2. The third-order valence-corrected chi connectivity index (χ3v) is 1.76. The molecule has 1 aromatic heterocycles. The molecule has 0 saturated carbocycles. The molecule has 1 rings (SSSR count). The molecule has 0 fully saturated rings. The molecule has 0 radical (unpaired) electrons. The number of imidazole rings is 1. The maximum absolute atomic E-state index is 11.8. The van der Waals surface area contributed by atoms with Gasteiger partial charge in [0.25, 0.3) is 0 Å². The Morgan fingerprint density at radius 3 is 2.62 bits per heavy atom. The molecule has 0 bridgehead atoms. The van der Waals surface area contributed by atoms with Crippen molar-refractivity contribution in [1.82, 2.24) is 9.97 Å². The molecule has 0 amide bonds. The molecule has 0 atom stereocenters. The minimum atomic E-state index is -4.13. The summed E-state index contributed by atoms with van der Waals surface area (Å²) in [6, 6.07) is 0. The van der Waals surface area contributed by atoms with Crippen molar-refractivity contribution >= 4 is 11.6 Å². The van der Waals surface area contributed by atoms with Crippen LogP contribution in [0.15, 0.2) is 6.20 Å². The van der Waals surface area contributed by atoms with Gasteiger partial charge in [-0.05, 0) is 0 Å². The summed E-state index contributed by atoms with van der Waals surface area (Å²) in [5.41, 5.74) is 0.638. The molecule has 0 unspecified atom stereocenters. The zero-order chi connectivity index (χ0) is 9.90. The van der Waals surface area contributed by atoms with Crippen LogP contribution in [0.5, 0.6) is 0 Å². The molecule has 1 heterocycles. The molecule has 0 saturated heterocycles. The number of halogens is 4. The van der Waals surface area contributed by atoms with E-state index in [2.05, 4.69) is 9.97 Å². The molecule has 0 spiro atoms. The fourth-order valence-electron chi connectivity index (χ4n) is 0.861. The molecule has 1 aromatic rings. The first-order valence-corrected chi connectivity index (χ1v) is 4.20. The van der Waals surface area contributed by atoms with Gasteiger partial charge in [-0.1, -0.05) is 0 Å². The second-order valence-electron chi connectivity index (χ2n) is 2.60. The van der Waals surface area contributed by atoms with Gasteiger partial charge in [-0.2, -0.15) is 13.2 Å². The summed E-state index contributed by atoms with van der Waals surface area (Å²) in [7, 11) is 0. The molecule has 2 nitrogen and oxygen atoms in total. The summed E-state index contributed by atoms with van der Waals surface area (Å²) in [6.07, 6.45) is -3.67. The second-order valence-corrected chi connectivity index (χ2v) is 2.87. The van der Waals surface area contributed by atoms with Crippen molar-refractivity contribution < 1.29 is 13.2 Å². The Hall–Kier alpha value is -0.710. The third-order valence-electron chi connectivity index (χ3n) is 1.47. The minimum absolute atomic E-state index is 0.125. The Kier molecular flexibility index (Phi) is 3.19. The van der Waals surface area contributed by atoms with Gasteiger partial charge < -0.3 is 4.98 Å². The van der Waals surface area contributed by atoms with E-state index < -0.39 is 12.6 Å². The first kappa shape index (κ1) is 10.4. The van der Waals surface area contributed by atoms with Gasteiger partial charge in [0.05, 0.1) is 12.3 Å². The van der Waals surface area contributed by atoms with Crippen molar-refractivity contribution in [3.8, 4) is 0 Å². The van der Waals surface area contributed by atoms with Crippen LogP contribution in [0.4, 0.5) is 13.2 Å². The van der Waals surface area contributed by atoms with Crippen LogP contribution in [-0.4, -0.2) is 16.1 Å². The summed E-state index contributed by atoms with van der Waals surface area (Å²) < 4.78 is 35.3. The number of nitrogens with zero attached hydrogens (tertiary/aromatic N) is 1. The molecular weight excluding hydrogens is 205 g/mol. The molecule has 74 valence electrons. The zero-order valence-electron chi connectivity index (χ0n) is 6.66. The minimum Gasteiger partial charge on any atom is -0.345 e. The fourth-order valence-corrected chi connectivity index (χ4v) is 0.997. The van der Waals surface area contributed by atoms with Crippen LogP contribution in [0.2, 0.25) is 0 Å². The molecule has 1 N–H and O–H groups in total. The van der Waals surface area contributed by atoms with Crippen LogP contribution >= 0.6 is 11.6 Å². The highest BCUT2D eigenvalue weighted by atomic mass is 35.5. The largest absolute Gasteiger partial charge is 0.389 e. The number of aryl methyl sites for hydroxylation is 1. The quantitative estimate of drug-likeness (QED) is 0.767. The van der Waals surface area contributed by atoms with E-state index in [-0.39, 0.29) is 12.3 Å². The van der Waals surface area contributed by atoms with E-state index in [1.165, 1.54) is 6.20 Å². The Morgan fingerprint density at radius 2 is 2.15 bits per heavy atom. The molecule has 0 aliphatic carbocycles. The van der Waals surface area contributed by atoms with E-state index in [1.807, 2.05) is 0 Å². The molecule has 0 aromatic carbocycles. The average Bonchev–Trinajstić information content (AvgIpc) is 2.47. The summed E-state index contributed by atoms with van der Waals surface area (Å²) in [4.78, 5) is 6.44. The van der Waals surface area contributed by atoms with Gasteiger partial charge in [0.2, 0.25) is 0 Å². The first-order valence-electron chi connectivity index (χ1n) is 3.67. The second kappa shape index (κ2) is 4.00. The molecule has 0 aliphatic heterocycles. The highest BCUT2D eigenvalue weighted by Crippen LogP contribution is 2.21. The fraction of sp³-hybridized carbons (Fsp3) is 0.571. The van der Waals surface area contributed by atoms with Crippen molar-refractivity contribution in [2.45, 2.75) is 24.9 Å². The molecule has 0 aliphatic rings. The lowest BCUT2D eigenvalue weighted by Crippen LogP contribution is -2.09. The Labute approximate surface area is 78.1 Å². The van der Waals surface area contributed by atoms with Crippen LogP contribution in [0.25, 0.3) is 0 Å². The number of H-pyrrole nitrogens is 1. The standard InChI is InChI=1S/C7H8ClF3N2/c8-3-5-4-12-6(13-5)1-2-7(9,10)11/h4H,1-3H2,(H,12,13). The lowest BCUT2D eigenvalue weighted by atomic mass is 10.3. The first-order chi connectivity index (χ1) is 6.01. The van der Waals surface area contributed by atoms with Gasteiger partial charge in [-0.3, -0.25) is 0 Å². The highest BCUT2D eigenvalue weighted by molar-refractivity contribution is 6.16. The van der Waals surface area contributed by atoms with Crippen LogP contribution in [-0.2, 0) is 12.3 Å². The maximum Gasteiger partial charge on any atom is 0.389 e. The average molecular weight is 213 g/mol. The number of hydrogen-bond acceptors (Lipinski definition) is 1. The van der Waals surface area contributed by atoms with E-state index >= 15 is 0 Å². The number of aromatic amines is 1. The van der Waals surface area contributed by atoms with Crippen LogP contribution in [0.3, 0.4) is 0 Å². The molecule has 13 heavy (non-hydrogen) atoms. The summed E-state index contributed by atoms with van der Waals surface area (Å²) in [5, 5.41) is 0. The molecular formula is C7H8ClF3N2. The van der Waals surface area contributed by atoms with Gasteiger partial charge >= 0.3 is 6.18 Å². The van der Waals surface area contributed by atoms with E-state index in [0.717, 1.165) is 0 Å². The van der Waals surface area contributed by atoms with Crippen LogP contribution in [0, 0.1) is 0 Å². The maximum atomic E-state index is 11.8. The topological polar surface area (TPSA) is 28.7 Å². The Balaban J connectivity index is 2.46. The Morgan fingerprint density at radius 1 is 1.46 bits per heavy atom. The number of rotatable bonds is 3. The number of hydrogen-bond donors (Lipinski definition) is 1. The number of alkyl halides is 4. The summed E-state index contributed by atoms with van der Waals surface area (Å²) in [6.45, 7) is 0. The molecule has 6 heteroatoms. The van der Waals surface area contributed by atoms with Gasteiger partial charge in [-0.25, -0.2) is 4.98 Å². The van der Waals surface area contributed by atoms with Crippen LogP contribution < -0.4 is 0 Å². The SMILES string of the molecule is FC(F)(F)CCc1ncc(CCl)[nH]1. The zero-order valence-corrected chi connectivity index (χ0v) is 7.41. The summed E-state index contributed by atoms with van der Waals surface area (Å²) in [5.74, 6) is 0.562.